The maximum Gasteiger partial charge on any atom is 0.408 e. The summed E-state index contributed by atoms with van der Waals surface area (Å²) >= 11 is 0. The van der Waals surface area contributed by atoms with E-state index in [1.165, 1.54) is 7.11 Å². The number of nitrogens with zero attached hydrogens (tertiary/aromatic N) is 7. The molecule has 0 aromatic carbocycles. The molecule has 3 aliphatic rings. The van der Waals surface area contributed by atoms with Crippen LogP contribution in [0.5, 0.6) is 0 Å². The fraction of sp³-hybridized carbons (Fsp3) is 0.613. The molecule has 2 amide bonds. The Morgan fingerprint density at radius 1 is 1.12 bits per heavy atom. The Morgan fingerprint density at radius 2 is 1.84 bits per heavy atom. The molecule has 0 radical (unpaired) electrons. The molecule has 12 nitrogen and oxygen atoms in total. The zero-order valence-electron chi connectivity index (χ0n) is 26.2. The van der Waals surface area contributed by atoms with Gasteiger partial charge >= 0.3 is 6.09 Å². The first-order chi connectivity index (χ1) is 20.3. The van der Waals surface area contributed by atoms with E-state index < -0.39 is 17.2 Å². The van der Waals surface area contributed by atoms with Crippen molar-refractivity contribution in [1.29, 1.82) is 5.26 Å². The minimum atomic E-state index is -1.30. The van der Waals surface area contributed by atoms with Crippen LogP contribution in [-0.2, 0) is 19.7 Å². The van der Waals surface area contributed by atoms with Crippen LogP contribution in [0.25, 0.3) is 0 Å². The third-order valence-electron chi connectivity index (χ3n) is 8.72. The summed E-state index contributed by atoms with van der Waals surface area (Å²) in [5, 5.41) is 12.2. The van der Waals surface area contributed by atoms with E-state index in [1.807, 2.05) is 11.8 Å². The molecular formula is C31H42N8O4. The van der Waals surface area contributed by atoms with Gasteiger partial charge in [-0.1, -0.05) is 6.42 Å². The molecule has 1 saturated heterocycles. The number of amides is 2. The number of pyridine rings is 1. The highest BCUT2D eigenvalue weighted by Crippen LogP contribution is 2.56. The molecule has 1 N–H and O–H groups in total. The topological polar surface area (TPSA) is 137 Å². The van der Waals surface area contributed by atoms with Gasteiger partial charge in [0.2, 0.25) is 0 Å². The number of carbonyl (C=O) groups excluding carboxylic acids is 2. The fourth-order valence-electron chi connectivity index (χ4n) is 6.55. The fourth-order valence-corrected chi connectivity index (χ4v) is 6.55. The van der Waals surface area contributed by atoms with Gasteiger partial charge in [0.15, 0.2) is 0 Å². The third kappa shape index (κ3) is 5.70. The van der Waals surface area contributed by atoms with Crippen molar-refractivity contribution < 1.29 is 19.1 Å². The summed E-state index contributed by atoms with van der Waals surface area (Å²) in [7, 11) is 1.51. The van der Waals surface area contributed by atoms with Crippen molar-refractivity contribution in [2.45, 2.75) is 89.4 Å². The SMILES string of the molecule is COC[C@](C)(NC(=O)OC(C)(C)C)C(=O)N1C[C@H](C)N(c2ncnc3c2C2(CCC2)CN3c2cc(C#N)ccn2)C[C@H]1C. The van der Waals surface area contributed by atoms with Gasteiger partial charge in [-0.25, -0.2) is 19.7 Å². The van der Waals surface area contributed by atoms with E-state index in [-0.39, 0.29) is 30.0 Å². The molecule has 0 unspecified atom stereocenters. The molecule has 2 fully saturated rings. The van der Waals surface area contributed by atoms with Gasteiger partial charge in [0, 0.05) is 56.0 Å². The van der Waals surface area contributed by atoms with Crippen LogP contribution < -0.4 is 15.1 Å². The first kappa shape index (κ1) is 30.5. The van der Waals surface area contributed by atoms with Gasteiger partial charge in [-0.2, -0.15) is 5.26 Å². The van der Waals surface area contributed by atoms with Crippen LogP contribution in [0.15, 0.2) is 24.7 Å². The van der Waals surface area contributed by atoms with Gasteiger partial charge in [0.25, 0.3) is 5.91 Å². The Hall–Kier alpha value is -3.98. The van der Waals surface area contributed by atoms with Crippen molar-refractivity contribution in [2.24, 2.45) is 0 Å². The van der Waals surface area contributed by atoms with Gasteiger partial charge in [-0.15, -0.1) is 0 Å². The lowest BCUT2D eigenvalue weighted by atomic mass is 9.66. The Kier molecular flexibility index (Phi) is 7.98. The average molecular weight is 591 g/mol. The minimum Gasteiger partial charge on any atom is -0.444 e. The van der Waals surface area contributed by atoms with Crippen LogP contribution in [0.4, 0.5) is 22.2 Å². The number of nitrogens with one attached hydrogen (secondary N) is 1. The molecule has 2 aliphatic heterocycles. The predicted molar refractivity (Wildman–Crippen MR) is 161 cm³/mol. The lowest BCUT2D eigenvalue weighted by molar-refractivity contribution is -0.143. The smallest absolute Gasteiger partial charge is 0.408 e. The van der Waals surface area contributed by atoms with Crippen LogP contribution in [0.1, 0.15) is 71.9 Å². The normalized spacial score (nSPS) is 22.3. The molecule has 230 valence electrons. The molecule has 5 rings (SSSR count). The van der Waals surface area contributed by atoms with Gasteiger partial charge < -0.3 is 29.5 Å². The highest BCUT2D eigenvalue weighted by Gasteiger charge is 2.52. The van der Waals surface area contributed by atoms with Crippen LogP contribution in [-0.4, -0.2) is 88.4 Å². The first-order valence-electron chi connectivity index (χ1n) is 14.9. The van der Waals surface area contributed by atoms with Crippen LogP contribution >= 0.6 is 0 Å². The van der Waals surface area contributed by atoms with E-state index in [4.69, 9.17) is 19.4 Å². The second-order valence-corrected chi connectivity index (χ2v) is 13.3. The largest absolute Gasteiger partial charge is 0.444 e. The molecule has 1 aliphatic carbocycles. The van der Waals surface area contributed by atoms with Crippen molar-refractivity contribution >= 4 is 29.5 Å². The molecule has 2 aromatic rings. The molecule has 12 heteroatoms. The van der Waals surface area contributed by atoms with E-state index in [1.54, 1.807) is 52.4 Å². The predicted octanol–water partition coefficient (Wildman–Crippen LogP) is 3.67. The van der Waals surface area contributed by atoms with Crippen molar-refractivity contribution in [1.82, 2.24) is 25.2 Å². The van der Waals surface area contributed by atoms with E-state index in [0.717, 1.165) is 43.0 Å². The number of aromatic nitrogens is 3. The maximum absolute atomic E-state index is 14.0. The van der Waals surface area contributed by atoms with Crippen LogP contribution in [0.2, 0.25) is 0 Å². The summed E-state index contributed by atoms with van der Waals surface area (Å²) in [4.78, 5) is 47.1. The molecule has 4 heterocycles. The Bertz CT molecular complexity index is 1430. The Morgan fingerprint density at radius 3 is 2.47 bits per heavy atom. The number of carbonyl (C=O) groups is 2. The number of ether oxygens (including phenoxy) is 2. The summed E-state index contributed by atoms with van der Waals surface area (Å²) in [6.07, 6.45) is 5.79. The van der Waals surface area contributed by atoms with Crippen LogP contribution in [0, 0.1) is 11.3 Å². The van der Waals surface area contributed by atoms with Crippen molar-refractivity contribution in [3.63, 3.8) is 0 Å². The first-order valence-corrected chi connectivity index (χ1v) is 14.9. The molecular weight excluding hydrogens is 548 g/mol. The molecule has 1 spiro atoms. The molecule has 1 saturated carbocycles. The Balaban J connectivity index is 1.42. The van der Waals surface area contributed by atoms with E-state index >= 15 is 0 Å². The van der Waals surface area contributed by atoms with Gasteiger partial charge in [0.1, 0.15) is 34.9 Å². The van der Waals surface area contributed by atoms with Gasteiger partial charge in [-0.05, 0) is 66.5 Å². The lowest BCUT2D eigenvalue weighted by Crippen LogP contribution is -2.67. The molecule has 3 atom stereocenters. The summed E-state index contributed by atoms with van der Waals surface area (Å²) in [5.74, 6) is 2.21. The second-order valence-electron chi connectivity index (χ2n) is 13.3. The van der Waals surface area contributed by atoms with Crippen molar-refractivity contribution in [3.8, 4) is 6.07 Å². The number of hydrogen-bond donors (Lipinski definition) is 1. The number of piperazine rings is 1. The number of methoxy groups -OCH3 is 1. The summed E-state index contributed by atoms with van der Waals surface area (Å²) in [6, 6.07) is 5.49. The highest BCUT2D eigenvalue weighted by atomic mass is 16.6. The zero-order chi connectivity index (χ0) is 31.2. The minimum absolute atomic E-state index is 0.00516. The van der Waals surface area contributed by atoms with Crippen molar-refractivity contribution in [3.05, 3.63) is 35.8 Å². The molecule has 0 bridgehead atoms. The van der Waals surface area contributed by atoms with Crippen LogP contribution in [0.3, 0.4) is 0 Å². The summed E-state index contributed by atoms with van der Waals surface area (Å²) in [6.45, 7) is 12.9. The average Bonchev–Trinajstić information content (AvgIpc) is 3.29. The van der Waals surface area contributed by atoms with Crippen molar-refractivity contribution in [2.75, 3.05) is 43.2 Å². The number of alkyl carbamates (subject to hydrolysis) is 1. The molecule has 2 aromatic heterocycles. The number of fused-ring (bicyclic) bond motifs is 2. The standard InChI is InChI=1S/C31H42N8O4/c1-20-16-38(27(40)30(6,18-42-7)36-28(41)43-29(3,4)5)21(2)15-37(20)25-24-26(35-19-34-25)39(17-31(24)10-8-11-31)23-13-22(14-32)9-12-33-23/h9,12-13,19-21H,8,10-11,15-18H2,1-7H3,(H,36,41)/t20-,21+,30-/m0/s1. The van der Waals surface area contributed by atoms with E-state index in [9.17, 15) is 14.9 Å². The quantitative estimate of drug-likeness (QED) is 0.531. The molecule has 43 heavy (non-hydrogen) atoms. The van der Waals surface area contributed by atoms with Gasteiger partial charge in [0.05, 0.1) is 18.2 Å². The van der Waals surface area contributed by atoms with Gasteiger partial charge in [-0.3, -0.25) is 4.79 Å². The number of anilines is 3. The Labute approximate surface area is 253 Å². The number of hydrogen-bond acceptors (Lipinski definition) is 10. The highest BCUT2D eigenvalue weighted by molar-refractivity contribution is 5.90. The number of nitriles is 1. The number of rotatable bonds is 6. The lowest BCUT2D eigenvalue weighted by Gasteiger charge is -2.48. The summed E-state index contributed by atoms with van der Waals surface area (Å²) in [5.41, 5.74) is -0.403. The zero-order valence-corrected chi connectivity index (χ0v) is 26.2. The van der Waals surface area contributed by atoms with E-state index in [0.29, 0.717) is 24.5 Å². The second kappa shape index (κ2) is 11.3. The maximum atomic E-state index is 14.0. The summed E-state index contributed by atoms with van der Waals surface area (Å²) < 4.78 is 10.8. The monoisotopic (exact) mass is 590 g/mol. The van der Waals surface area contributed by atoms with E-state index in [2.05, 4.69) is 33.1 Å². The third-order valence-corrected chi connectivity index (χ3v) is 8.72.